The Labute approximate surface area is 147 Å². The molecule has 1 aromatic carbocycles. The SMILES string of the molecule is COC(=O)CCC#Cc1cccc(OC[C@@H](C)CCC(N)=O)c1Cl. The number of benzene rings is 1. The number of primary amides is 1. The van der Waals surface area contributed by atoms with Gasteiger partial charge in [0.2, 0.25) is 5.91 Å². The summed E-state index contributed by atoms with van der Waals surface area (Å²) in [5, 5.41) is 0.435. The van der Waals surface area contributed by atoms with Gasteiger partial charge >= 0.3 is 5.97 Å². The van der Waals surface area contributed by atoms with Gasteiger partial charge in [0.25, 0.3) is 0 Å². The molecule has 0 aromatic heterocycles. The van der Waals surface area contributed by atoms with Crippen LogP contribution in [0.25, 0.3) is 0 Å². The monoisotopic (exact) mass is 351 g/mol. The van der Waals surface area contributed by atoms with Crippen LogP contribution in [-0.2, 0) is 14.3 Å². The first-order chi connectivity index (χ1) is 11.4. The van der Waals surface area contributed by atoms with Crippen LogP contribution >= 0.6 is 11.6 Å². The Bertz CT molecular complexity index is 634. The van der Waals surface area contributed by atoms with E-state index in [-0.39, 0.29) is 24.2 Å². The number of hydrogen-bond donors (Lipinski definition) is 1. The van der Waals surface area contributed by atoms with E-state index in [9.17, 15) is 9.59 Å². The summed E-state index contributed by atoms with van der Waals surface area (Å²) in [6, 6.07) is 5.36. The molecule has 0 heterocycles. The van der Waals surface area contributed by atoms with Gasteiger partial charge in [-0.3, -0.25) is 9.59 Å². The van der Waals surface area contributed by atoms with Gasteiger partial charge in [0.15, 0.2) is 0 Å². The highest BCUT2D eigenvalue weighted by atomic mass is 35.5. The highest BCUT2D eigenvalue weighted by Crippen LogP contribution is 2.28. The molecule has 0 aliphatic rings. The Hall–Kier alpha value is -2.19. The fourth-order valence-corrected chi connectivity index (χ4v) is 2.07. The van der Waals surface area contributed by atoms with Gasteiger partial charge in [-0.05, 0) is 24.5 Å². The number of methoxy groups -OCH3 is 1. The Balaban J connectivity index is 2.60. The summed E-state index contributed by atoms with van der Waals surface area (Å²) < 4.78 is 10.3. The molecule has 1 atom stereocenters. The van der Waals surface area contributed by atoms with Crippen molar-refractivity contribution < 1.29 is 19.1 Å². The van der Waals surface area contributed by atoms with Crippen LogP contribution in [0.1, 0.15) is 38.2 Å². The van der Waals surface area contributed by atoms with E-state index in [2.05, 4.69) is 16.6 Å². The minimum Gasteiger partial charge on any atom is -0.492 e. The molecule has 1 aromatic rings. The van der Waals surface area contributed by atoms with E-state index in [1.807, 2.05) is 6.92 Å². The molecule has 5 nitrogen and oxygen atoms in total. The number of amides is 1. The standard InChI is InChI=1S/C18H22ClNO4/c1-13(10-11-16(20)21)12-24-15-8-5-7-14(18(15)19)6-3-4-9-17(22)23-2/h5,7-8,13H,4,9-12H2,1-2H3,(H2,20,21)/t13-/m0/s1. The number of halogens is 1. The van der Waals surface area contributed by atoms with Crippen LogP contribution < -0.4 is 10.5 Å². The maximum absolute atomic E-state index is 11.0. The van der Waals surface area contributed by atoms with Gasteiger partial charge in [-0.15, -0.1) is 0 Å². The van der Waals surface area contributed by atoms with Gasteiger partial charge in [-0.25, -0.2) is 0 Å². The number of carbonyl (C=O) groups excluding carboxylic acids is 2. The van der Waals surface area contributed by atoms with Gasteiger partial charge in [-0.2, -0.15) is 0 Å². The first kappa shape index (κ1) is 19.9. The minimum atomic E-state index is -0.316. The highest BCUT2D eigenvalue weighted by molar-refractivity contribution is 6.33. The smallest absolute Gasteiger partial charge is 0.306 e. The van der Waals surface area contributed by atoms with Crippen LogP contribution in [0.4, 0.5) is 0 Å². The zero-order valence-electron chi connectivity index (χ0n) is 13.9. The maximum Gasteiger partial charge on any atom is 0.306 e. The van der Waals surface area contributed by atoms with E-state index in [4.69, 9.17) is 22.1 Å². The number of hydrogen-bond acceptors (Lipinski definition) is 4. The van der Waals surface area contributed by atoms with Crippen LogP contribution in [0.15, 0.2) is 18.2 Å². The molecule has 0 spiro atoms. The molecule has 2 N–H and O–H groups in total. The van der Waals surface area contributed by atoms with E-state index >= 15 is 0 Å². The predicted octanol–water partition coefficient (Wildman–Crippen LogP) is 2.93. The average Bonchev–Trinajstić information content (AvgIpc) is 2.56. The van der Waals surface area contributed by atoms with Crippen molar-refractivity contribution in [3.63, 3.8) is 0 Å². The summed E-state index contributed by atoms with van der Waals surface area (Å²) in [7, 11) is 1.35. The van der Waals surface area contributed by atoms with Crippen molar-refractivity contribution in [2.45, 2.75) is 32.6 Å². The normalized spacial score (nSPS) is 11.1. The zero-order chi connectivity index (χ0) is 17.9. The highest BCUT2D eigenvalue weighted by Gasteiger charge is 2.09. The Morgan fingerprint density at radius 3 is 2.75 bits per heavy atom. The van der Waals surface area contributed by atoms with Crippen LogP contribution in [0.2, 0.25) is 5.02 Å². The van der Waals surface area contributed by atoms with Crippen LogP contribution in [0.3, 0.4) is 0 Å². The second kappa shape index (κ2) is 10.6. The molecular weight excluding hydrogens is 330 g/mol. The van der Waals surface area contributed by atoms with E-state index in [1.54, 1.807) is 18.2 Å². The van der Waals surface area contributed by atoms with Gasteiger partial charge in [-0.1, -0.05) is 36.4 Å². The van der Waals surface area contributed by atoms with E-state index in [0.29, 0.717) is 42.2 Å². The third kappa shape index (κ3) is 7.38. The third-order valence-electron chi connectivity index (χ3n) is 3.28. The van der Waals surface area contributed by atoms with Crippen LogP contribution in [-0.4, -0.2) is 25.6 Å². The first-order valence-electron chi connectivity index (χ1n) is 7.69. The topological polar surface area (TPSA) is 78.6 Å². The molecule has 0 aliphatic heterocycles. The Morgan fingerprint density at radius 1 is 1.33 bits per heavy atom. The lowest BCUT2D eigenvalue weighted by molar-refractivity contribution is -0.140. The van der Waals surface area contributed by atoms with Gasteiger partial charge in [0.1, 0.15) is 5.75 Å². The Kier molecular flexibility index (Phi) is 8.74. The number of carbonyl (C=O) groups is 2. The summed E-state index contributed by atoms with van der Waals surface area (Å²) in [6.07, 6.45) is 1.65. The minimum absolute atomic E-state index is 0.184. The van der Waals surface area contributed by atoms with Crippen molar-refractivity contribution in [3.05, 3.63) is 28.8 Å². The summed E-state index contributed by atoms with van der Waals surface area (Å²) in [4.78, 5) is 21.8. The van der Waals surface area contributed by atoms with Gasteiger partial charge < -0.3 is 15.2 Å². The van der Waals surface area contributed by atoms with Crippen LogP contribution in [0, 0.1) is 17.8 Å². The largest absolute Gasteiger partial charge is 0.492 e. The zero-order valence-corrected chi connectivity index (χ0v) is 14.7. The second-order valence-electron chi connectivity index (χ2n) is 5.42. The number of ether oxygens (including phenoxy) is 2. The van der Waals surface area contributed by atoms with Crippen molar-refractivity contribution in [2.24, 2.45) is 11.7 Å². The van der Waals surface area contributed by atoms with E-state index < -0.39 is 0 Å². The van der Waals surface area contributed by atoms with Crippen molar-refractivity contribution in [1.29, 1.82) is 0 Å². The lowest BCUT2D eigenvalue weighted by Crippen LogP contribution is -2.15. The number of rotatable bonds is 8. The summed E-state index contributed by atoms with van der Waals surface area (Å²) in [6.45, 7) is 2.42. The maximum atomic E-state index is 11.0. The van der Waals surface area contributed by atoms with Crippen molar-refractivity contribution >= 4 is 23.5 Å². The number of esters is 1. The first-order valence-corrected chi connectivity index (χ1v) is 8.07. The van der Waals surface area contributed by atoms with E-state index in [1.165, 1.54) is 7.11 Å². The quantitative estimate of drug-likeness (QED) is 0.577. The van der Waals surface area contributed by atoms with Crippen LogP contribution in [0.5, 0.6) is 5.75 Å². The summed E-state index contributed by atoms with van der Waals surface area (Å²) in [5.41, 5.74) is 5.77. The third-order valence-corrected chi connectivity index (χ3v) is 3.66. The fraction of sp³-hybridized carbons (Fsp3) is 0.444. The fourth-order valence-electron chi connectivity index (χ4n) is 1.85. The summed E-state index contributed by atoms with van der Waals surface area (Å²) >= 11 is 6.30. The molecule has 0 bridgehead atoms. The van der Waals surface area contributed by atoms with Crippen molar-refractivity contribution in [1.82, 2.24) is 0 Å². The van der Waals surface area contributed by atoms with E-state index in [0.717, 1.165) is 0 Å². The molecule has 0 fully saturated rings. The van der Waals surface area contributed by atoms with Crippen molar-refractivity contribution in [2.75, 3.05) is 13.7 Å². The molecule has 130 valence electrons. The molecule has 0 saturated carbocycles. The lowest BCUT2D eigenvalue weighted by atomic mass is 10.1. The van der Waals surface area contributed by atoms with Gasteiger partial charge in [0, 0.05) is 18.4 Å². The molecule has 0 radical (unpaired) electrons. The summed E-state index contributed by atoms with van der Waals surface area (Å²) in [5.74, 6) is 5.94. The molecule has 6 heteroatoms. The molecule has 0 aliphatic carbocycles. The van der Waals surface area contributed by atoms with Crippen molar-refractivity contribution in [3.8, 4) is 17.6 Å². The number of nitrogens with two attached hydrogens (primary N) is 1. The molecular formula is C18H22ClNO4. The van der Waals surface area contributed by atoms with Gasteiger partial charge in [0.05, 0.1) is 25.2 Å². The molecule has 0 saturated heterocycles. The average molecular weight is 352 g/mol. The molecule has 24 heavy (non-hydrogen) atoms. The molecule has 1 rings (SSSR count). The predicted molar refractivity (Wildman–Crippen MR) is 92.7 cm³/mol. The lowest BCUT2D eigenvalue weighted by Gasteiger charge is -2.13. The Morgan fingerprint density at radius 2 is 2.08 bits per heavy atom. The second-order valence-corrected chi connectivity index (χ2v) is 5.79. The molecule has 0 unspecified atom stereocenters. The molecule has 1 amide bonds.